The number of nitrogens with two attached hydrogens (primary N) is 1. The van der Waals surface area contributed by atoms with E-state index in [0.29, 0.717) is 0 Å². The number of halogens is 1. The van der Waals surface area contributed by atoms with Crippen molar-refractivity contribution in [2.45, 2.75) is 25.8 Å². The van der Waals surface area contributed by atoms with Gasteiger partial charge < -0.3 is 5.73 Å². The summed E-state index contributed by atoms with van der Waals surface area (Å²) in [5.74, 6) is 0.265. The van der Waals surface area contributed by atoms with Crippen LogP contribution in [-0.4, -0.2) is 4.98 Å². The summed E-state index contributed by atoms with van der Waals surface area (Å²) >= 11 is 3.55. The first-order valence-electron chi connectivity index (χ1n) is 6.01. The van der Waals surface area contributed by atoms with Crippen molar-refractivity contribution in [2.75, 3.05) is 0 Å². The van der Waals surface area contributed by atoms with E-state index in [0.717, 1.165) is 4.47 Å². The third kappa shape index (κ3) is 2.62. The summed E-state index contributed by atoms with van der Waals surface area (Å²) in [6.45, 7) is 4.25. The van der Waals surface area contributed by atoms with Crippen molar-refractivity contribution in [1.82, 2.24) is 4.98 Å². The molecule has 0 bridgehead atoms. The molecular formula is C15H17BrN2. The minimum Gasteiger partial charge on any atom is -0.323 e. The highest BCUT2D eigenvalue weighted by atomic mass is 79.9. The predicted molar refractivity (Wildman–Crippen MR) is 78.5 cm³/mol. The highest BCUT2D eigenvalue weighted by Crippen LogP contribution is 2.32. The second kappa shape index (κ2) is 5.63. The van der Waals surface area contributed by atoms with Gasteiger partial charge in [0.2, 0.25) is 0 Å². The molecule has 0 fully saturated rings. The molecule has 0 saturated heterocycles. The van der Waals surface area contributed by atoms with Crippen molar-refractivity contribution in [1.29, 1.82) is 0 Å². The van der Waals surface area contributed by atoms with Crippen LogP contribution >= 0.6 is 15.9 Å². The monoisotopic (exact) mass is 304 g/mol. The Morgan fingerprint density at radius 1 is 1.17 bits per heavy atom. The van der Waals surface area contributed by atoms with Crippen LogP contribution in [0.15, 0.2) is 47.2 Å². The third-order valence-electron chi connectivity index (χ3n) is 3.44. The fourth-order valence-corrected chi connectivity index (χ4v) is 2.51. The molecular weight excluding hydrogens is 288 g/mol. The summed E-state index contributed by atoms with van der Waals surface area (Å²) in [5.41, 5.74) is 10.0. The topological polar surface area (TPSA) is 38.9 Å². The molecule has 18 heavy (non-hydrogen) atoms. The van der Waals surface area contributed by atoms with Gasteiger partial charge >= 0.3 is 0 Å². The van der Waals surface area contributed by atoms with Gasteiger partial charge in [0.05, 0.1) is 0 Å². The molecule has 1 aromatic heterocycles. The molecule has 2 rings (SSSR count). The molecule has 2 N–H and O–H groups in total. The normalized spacial score (nSPS) is 14.2. The standard InChI is InChI=1S/C15H17BrN2/c1-10(12-6-8-18-9-7-12)15(17)13-4-3-5-14(16)11(13)2/h3-10,15H,17H2,1-2H3. The molecule has 0 amide bonds. The maximum atomic E-state index is 6.40. The van der Waals surface area contributed by atoms with E-state index in [4.69, 9.17) is 5.73 Å². The molecule has 2 aromatic rings. The maximum Gasteiger partial charge on any atom is 0.0364 e. The predicted octanol–water partition coefficient (Wildman–Crippen LogP) is 3.96. The van der Waals surface area contributed by atoms with Crippen molar-refractivity contribution in [2.24, 2.45) is 5.73 Å². The van der Waals surface area contributed by atoms with Crippen LogP contribution in [0.25, 0.3) is 0 Å². The van der Waals surface area contributed by atoms with Gasteiger partial charge in [-0.15, -0.1) is 0 Å². The van der Waals surface area contributed by atoms with Crippen LogP contribution in [0.1, 0.15) is 35.6 Å². The van der Waals surface area contributed by atoms with Crippen LogP contribution < -0.4 is 5.73 Å². The Labute approximate surface area is 116 Å². The maximum absolute atomic E-state index is 6.40. The van der Waals surface area contributed by atoms with E-state index in [-0.39, 0.29) is 12.0 Å². The highest BCUT2D eigenvalue weighted by molar-refractivity contribution is 9.10. The second-order valence-corrected chi connectivity index (χ2v) is 5.40. The van der Waals surface area contributed by atoms with Crippen molar-refractivity contribution in [3.63, 3.8) is 0 Å². The molecule has 0 saturated carbocycles. The zero-order valence-corrected chi connectivity index (χ0v) is 12.2. The highest BCUT2D eigenvalue weighted by Gasteiger charge is 2.18. The van der Waals surface area contributed by atoms with Crippen molar-refractivity contribution in [3.8, 4) is 0 Å². The number of rotatable bonds is 3. The number of hydrogen-bond donors (Lipinski definition) is 1. The Bertz CT molecular complexity index is 525. The summed E-state index contributed by atoms with van der Waals surface area (Å²) < 4.78 is 1.11. The van der Waals surface area contributed by atoms with Gasteiger partial charge in [0.15, 0.2) is 0 Å². The molecule has 0 radical (unpaired) electrons. The SMILES string of the molecule is Cc1c(Br)cccc1C(N)C(C)c1ccncc1. The molecule has 1 aromatic carbocycles. The van der Waals surface area contributed by atoms with Gasteiger partial charge in [0.1, 0.15) is 0 Å². The number of hydrogen-bond acceptors (Lipinski definition) is 2. The molecule has 2 unspecified atom stereocenters. The zero-order chi connectivity index (χ0) is 13.1. The lowest BCUT2D eigenvalue weighted by Gasteiger charge is -2.22. The van der Waals surface area contributed by atoms with Crippen molar-refractivity contribution in [3.05, 3.63) is 63.9 Å². The molecule has 94 valence electrons. The molecule has 0 aliphatic carbocycles. The van der Waals surface area contributed by atoms with E-state index < -0.39 is 0 Å². The third-order valence-corrected chi connectivity index (χ3v) is 4.30. The van der Waals surface area contributed by atoms with Crippen LogP contribution in [0, 0.1) is 6.92 Å². The Kier molecular flexibility index (Phi) is 4.15. The van der Waals surface area contributed by atoms with Crippen LogP contribution in [0.4, 0.5) is 0 Å². The van der Waals surface area contributed by atoms with Gasteiger partial charge in [-0.1, -0.05) is 35.0 Å². The molecule has 2 atom stereocenters. The van der Waals surface area contributed by atoms with Gasteiger partial charge in [0.25, 0.3) is 0 Å². The average Bonchev–Trinajstić information content (AvgIpc) is 2.41. The van der Waals surface area contributed by atoms with E-state index in [1.807, 2.05) is 36.7 Å². The van der Waals surface area contributed by atoms with Crippen molar-refractivity contribution >= 4 is 15.9 Å². The zero-order valence-electron chi connectivity index (χ0n) is 10.6. The Morgan fingerprint density at radius 3 is 2.50 bits per heavy atom. The molecule has 0 spiro atoms. The van der Waals surface area contributed by atoms with Crippen LogP contribution in [0.5, 0.6) is 0 Å². The number of benzene rings is 1. The molecule has 1 heterocycles. The summed E-state index contributed by atoms with van der Waals surface area (Å²) in [6.07, 6.45) is 3.62. The van der Waals surface area contributed by atoms with E-state index in [1.54, 1.807) is 0 Å². The van der Waals surface area contributed by atoms with Gasteiger partial charge in [-0.2, -0.15) is 0 Å². The lowest BCUT2D eigenvalue weighted by Crippen LogP contribution is -2.18. The van der Waals surface area contributed by atoms with Gasteiger partial charge in [-0.05, 0) is 41.8 Å². The molecule has 0 aliphatic heterocycles. The quantitative estimate of drug-likeness (QED) is 0.932. The summed E-state index contributed by atoms with van der Waals surface area (Å²) in [6, 6.07) is 10.2. The van der Waals surface area contributed by atoms with E-state index in [2.05, 4.69) is 40.8 Å². The fraction of sp³-hybridized carbons (Fsp3) is 0.267. The summed E-state index contributed by atoms with van der Waals surface area (Å²) in [4.78, 5) is 4.04. The number of pyridine rings is 1. The fourth-order valence-electron chi connectivity index (χ4n) is 2.13. The van der Waals surface area contributed by atoms with Crippen LogP contribution in [0.2, 0.25) is 0 Å². The Hall–Kier alpha value is -1.19. The largest absolute Gasteiger partial charge is 0.323 e. The van der Waals surface area contributed by atoms with E-state index in [1.165, 1.54) is 16.7 Å². The first-order chi connectivity index (χ1) is 8.61. The first-order valence-corrected chi connectivity index (χ1v) is 6.81. The minimum absolute atomic E-state index is 0.00935. The smallest absolute Gasteiger partial charge is 0.0364 e. The molecule has 2 nitrogen and oxygen atoms in total. The number of aromatic nitrogens is 1. The first kappa shape index (κ1) is 13.2. The summed E-state index contributed by atoms with van der Waals surface area (Å²) in [5, 5.41) is 0. The van der Waals surface area contributed by atoms with Gasteiger partial charge in [0, 0.05) is 28.8 Å². The van der Waals surface area contributed by atoms with Crippen LogP contribution in [0.3, 0.4) is 0 Å². The van der Waals surface area contributed by atoms with Crippen LogP contribution in [-0.2, 0) is 0 Å². The van der Waals surface area contributed by atoms with E-state index >= 15 is 0 Å². The Balaban J connectivity index is 2.31. The average molecular weight is 305 g/mol. The van der Waals surface area contributed by atoms with Crippen molar-refractivity contribution < 1.29 is 0 Å². The molecule has 0 aliphatic rings. The molecule has 3 heteroatoms. The Morgan fingerprint density at radius 2 is 1.83 bits per heavy atom. The lowest BCUT2D eigenvalue weighted by atomic mass is 9.88. The summed E-state index contributed by atoms with van der Waals surface area (Å²) in [7, 11) is 0. The second-order valence-electron chi connectivity index (χ2n) is 4.55. The van der Waals surface area contributed by atoms with Gasteiger partial charge in [-0.25, -0.2) is 0 Å². The minimum atomic E-state index is -0.00935. The van der Waals surface area contributed by atoms with E-state index in [9.17, 15) is 0 Å². The number of nitrogens with zero attached hydrogens (tertiary/aromatic N) is 1. The van der Waals surface area contributed by atoms with Gasteiger partial charge in [-0.3, -0.25) is 4.98 Å². The lowest BCUT2D eigenvalue weighted by molar-refractivity contribution is 0.594.